The lowest BCUT2D eigenvalue weighted by molar-refractivity contribution is -0.254. The van der Waals surface area contributed by atoms with Gasteiger partial charge in [0.25, 0.3) is 0 Å². The van der Waals surface area contributed by atoms with Crippen molar-refractivity contribution in [3.8, 4) is 11.5 Å². The van der Waals surface area contributed by atoms with Crippen LogP contribution in [0.25, 0.3) is 0 Å². The number of aromatic carboxylic acids is 1. The molecule has 0 bridgehead atoms. The highest BCUT2D eigenvalue weighted by atomic mass is 35.5. The lowest BCUT2D eigenvalue weighted by Gasteiger charge is -2.16. The molecule has 0 saturated heterocycles. The zero-order valence-electron chi connectivity index (χ0n) is 14.2. The van der Waals surface area contributed by atoms with E-state index in [2.05, 4.69) is 5.32 Å². The third-order valence-electron chi connectivity index (χ3n) is 3.43. The molecule has 0 aliphatic rings. The largest absolute Gasteiger partial charge is 0.545 e. The molecule has 0 radical (unpaired) electrons. The van der Waals surface area contributed by atoms with E-state index in [-0.39, 0.29) is 28.7 Å². The summed E-state index contributed by atoms with van der Waals surface area (Å²) in [7, 11) is 2.81. The molecule has 1 amide bonds. The fourth-order valence-electron chi connectivity index (χ4n) is 2.18. The maximum Gasteiger partial charge on any atom is 0.234 e. The number of ether oxygens (including phenoxy) is 2. The van der Waals surface area contributed by atoms with Gasteiger partial charge in [-0.05, 0) is 23.8 Å². The van der Waals surface area contributed by atoms with Crippen LogP contribution in [0.1, 0.15) is 15.9 Å². The van der Waals surface area contributed by atoms with Crippen LogP contribution in [0.15, 0.2) is 36.4 Å². The number of hydrogen-bond acceptors (Lipinski definition) is 6. The first-order valence-corrected chi connectivity index (χ1v) is 9.07. The summed E-state index contributed by atoms with van der Waals surface area (Å²) in [5.74, 6) is -0.426. The van der Waals surface area contributed by atoms with E-state index in [9.17, 15) is 14.7 Å². The Bertz CT molecular complexity index is 795. The van der Waals surface area contributed by atoms with Crippen molar-refractivity contribution in [2.45, 2.75) is 5.75 Å². The molecule has 1 N–H and O–H groups in total. The second-order valence-electron chi connectivity index (χ2n) is 5.21. The molecule has 8 heteroatoms. The Morgan fingerprint density at radius 3 is 2.31 bits per heavy atom. The second kappa shape index (κ2) is 9.35. The minimum absolute atomic E-state index is 0.0970. The Morgan fingerprint density at radius 2 is 1.73 bits per heavy atom. The Kier molecular flexibility index (Phi) is 7.17. The van der Waals surface area contributed by atoms with E-state index in [4.69, 9.17) is 21.1 Å². The van der Waals surface area contributed by atoms with Crippen molar-refractivity contribution in [2.24, 2.45) is 0 Å². The molecule has 0 heterocycles. The molecule has 6 nitrogen and oxygen atoms in total. The molecule has 2 aromatic rings. The number of rotatable bonds is 8. The molecule has 0 aliphatic heterocycles. The van der Waals surface area contributed by atoms with Crippen LogP contribution in [0.4, 0.5) is 5.69 Å². The third-order valence-corrected chi connectivity index (χ3v) is 4.69. The number of carboxylic acid groups (broad SMARTS) is 1. The van der Waals surface area contributed by atoms with Crippen molar-refractivity contribution in [1.82, 2.24) is 0 Å². The van der Waals surface area contributed by atoms with Gasteiger partial charge in [-0.3, -0.25) is 4.79 Å². The summed E-state index contributed by atoms with van der Waals surface area (Å²) in [6.07, 6.45) is 0. The van der Waals surface area contributed by atoms with Crippen molar-refractivity contribution in [3.05, 3.63) is 52.5 Å². The van der Waals surface area contributed by atoms with Crippen LogP contribution in [0.5, 0.6) is 11.5 Å². The summed E-state index contributed by atoms with van der Waals surface area (Å²) in [6.45, 7) is 0. The zero-order valence-corrected chi connectivity index (χ0v) is 15.8. The summed E-state index contributed by atoms with van der Waals surface area (Å²) < 4.78 is 10.2. The number of carboxylic acids is 1. The highest BCUT2D eigenvalue weighted by Crippen LogP contribution is 2.33. The number of halogens is 1. The highest BCUT2D eigenvalue weighted by Gasteiger charge is 2.14. The monoisotopic (exact) mass is 394 g/mol. The molecule has 2 rings (SSSR count). The number of amides is 1. The number of thioether (sulfide) groups is 1. The van der Waals surface area contributed by atoms with Crippen LogP contribution in [0.3, 0.4) is 0 Å². The van der Waals surface area contributed by atoms with E-state index in [1.165, 1.54) is 38.1 Å². The molecule has 138 valence electrons. The maximum absolute atomic E-state index is 12.1. The first-order chi connectivity index (χ1) is 12.4. The van der Waals surface area contributed by atoms with Crippen LogP contribution in [0, 0.1) is 0 Å². The van der Waals surface area contributed by atoms with Gasteiger partial charge in [-0.15, -0.1) is 11.8 Å². The zero-order chi connectivity index (χ0) is 19.1. The average Bonchev–Trinajstić information content (AvgIpc) is 2.62. The van der Waals surface area contributed by atoms with E-state index >= 15 is 0 Å². The average molecular weight is 395 g/mol. The topological polar surface area (TPSA) is 87.7 Å². The number of benzene rings is 2. The maximum atomic E-state index is 12.1. The summed E-state index contributed by atoms with van der Waals surface area (Å²) in [5.41, 5.74) is 0.951. The second-order valence-corrected chi connectivity index (χ2v) is 6.63. The van der Waals surface area contributed by atoms with Crippen LogP contribution in [0.2, 0.25) is 5.02 Å². The molecular weight excluding hydrogens is 378 g/mol. The van der Waals surface area contributed by atoms with Gasteiger partial charge in [0, 0.05) is 22.4 Å². The summed E-state index contributed by atoms with van der Waals surface area (Å²) >= 11 is 7.23. The number of anilines is 1. The van der Waals surface area contributed by atoms with Crippen molar-refractivity contribution < 1.29 is 24.2 Å². The molecule has 0 saturated carbocycles. The fourth-order valence-corrected chi connectivity index (χ4v) is 3.09. The van der Waals surface area contributed by atoms with Crippen molar-refractivity contribution in [1.29, 1.82) is 0 Å². The Hall–Kier alpha value is -2.38. The Balaban J connectivity index is 2.03. The minimum atomic E-state index is -1.42. The molecule has 2 aromatic carbocycles. The summed E-state index contributed by atoms with van der Waals surface area (Å²) in [5, 5.41) is 14.6. The normalized spacial score (nSPS) is 10.3. The van der Waals surface area contributed by atoms with E-state index < -0.39 is 5.97 Å². The van der Waals surface area contributed by atoms with Crippen LogP contribution >= 0.6 is 23.4 Å². The SMILES string of the molecule is COc1cc(NC(=O)CSCc2ccc(Cl)cc2)c(C(=O)[O-])cc1OC. The van der Waals surface area contributed by atoms with Gasteiger partial charge < -0.3 is 24.7 Å². The molecule has 0 fully saturated rings. The number of nitrogens with one attached hydrogen (secondary N) is 1. The molecule has 26 heavy (non-hydrogen) atoms. The molecule has 0 spiro atoms. The van der Waals surface area contributed by atoms with Gasteiger partial charge in [-0.1, -0.05) is 23.7 Å². The quantitative estimate of drug-likeness (QED) is 0.740. The number of carbonyl (C=O) groups excluding carboxylic acids is 2. The first kappa shape index (κ1) is 19.9. The Morgan fingerprint density at radius 1 is 1.12 bits per heavy atom. The van der Waals surface area contributed by atoms with Crippen molar-refractivity contribution >= 4 is 40.9 Å². The van der Waals surface area contributed by atoms with Gasteiger partial charge in [0.15, 0.2) is 11.5 Å². The molecule has 0 unspecified atom stereocenters. The number of carbonyl (C=O) groups is 2. The predicted octanol–water partition coefficient (Wildman–Crippen LogP) is 2.59. The van der Waals surface area contributed by atoms with Gasteiger partial charge in [-0.2, -0.15) is 0 Å². The minimum Gasteiger partial charge on any atom is -0.545 e. The fraction of sp³-hybridized carbons (Fsp3) is 0.222. The van der Waals surface area contributed by atoms with Crippen LogP contribution in [-0.4, -0.2) is 31.8 Å². The lowest BCUT2D eigenvalue weighted by atomic mass is 10.1. The third kappa shape index (κ3) is 5.31. The summed E-state index contributed by atoms with van der Waals surface area (Å²) in [4.78, 5) is 23.5. The van der Waals surface area contributed by atoms with Crippen LogP contribution in [-0.2, 0) is 10.5 Å². The number of methoxy groups -OCH3 is 2. The van der Waals surface area contributed by atoms with Gasteiger partial charge in [0.1, 0.15) is 0 Å². The highest BCUT2D eigenvalue weighted by molar-refractivity contribution is 7.99. The van der Waals surface area contributed by atoms with Gasteiger partial charge in [-0.25, -0.2) is 0 Å². The smallest absolute Gasteiger partial charge is 0.234 e. The first-order valence-electron chi connectivity index (χ1n) is 7.54. The van der Waals surface area contributed by atoms with Crippen molar-refractivity contribution in [3.63, 3.8) is 0 Å². The predicted molar refractivity (Wildman–Crippen MR) is 100 cm³/mol. The summed E-state index contributed by atoms with van der Waals surface area (Å²) in [6, 6.07) is 9.99. The molecule has 0 aliphatic carbocycles. The van der Waals surface area contributed by atoms with E-state index in [1.54, 1.807) is 12.1 Å². The van der Waals surface area contributed by atoms with E-state index in [1.807, 2.05) is 12.1 Å². The van der Waals surface area contributed by atoms with Gasteiger partial charge >= 0.3 is 0 Å². The van der Waals surface area contributed by atoms with E-state index in [0.29, 0.717) is 16.5 Å². The van der Waals surface area contributed by atoms with Crippen molar-refractivity contribution in [2.75, 3.05) is 25.3 Å². The van der Waals surface area contributed by atoms with Gasteiger partial charge in [0.05, 0.1) is 31.6 Å². The standard InChI is InChI=1S/C18H18ClNO5S/c1-24-15-7-13(18(22)23)14(8-16(15)25-2)20-17(21)10-26-9-11-3-5-12(19)6-4-11/h3-8H,9-10H2,1-2H3,(H,20,21)(H,22,23)/p-1. The molecule has 0 atom stereocenters. The molecule has 0 aromatic heterocycles. The molecular formula is C18H17ClNO5S-. The lowest BCUT2D eigenvalue weighted by Crippen LogP contribution is -2.25. The van der Waals surface area contributed by atoms with Gasteiger partial charge in [0.2, 0.25) is 5.91 Å². The number of hydrogen-bond donors (Lipinski definition) is 1. The van der Waals surface area contributed by atoms with E-state index in [0.717, 1.165) is 5.56 Å². The Labute approximate surface area is 160 Å². The van der Waals surface area contributed by atoms with Crippen LogP contribution < -0.4 is 19.9 Å².